The van der Waals surface area contributed by atoms with E-state index in [4.69, 9.17) is 0 Å². The molecule has 1 atom stereocenters. The van der Waals surface area contributed by atoms with Crippen molar-refractivity contribution >= 4 is 28.4 Å². The zero-order valence-electron chi connectivity index (χ0n) is 16.7. The van der Waals surface area contributed by atoms with Gasteiger partial charge in [0.25, 0.3) is 0 Å². The molecule has 0 aliphatic carbocycles. The summed E-state index contributed by atoms with van der Waals surface area (Å²) in [4.78, 5) is 16.3. The number of hydrogen-bond donors (Lipinski definition) is 2. The van der Waals surface area contributed by atoms with Crippen LogP contribution >= 0.6 is 0 Å². The summed E-state index contributed by atoms with van der Waals surface area (Å²) < 4.78 is 64.7. The van der Waals surface area contributed by atoms with Crippen molar-refractivity contribution in [2.24, 2.45) is 0 Å². The first-order valence-corrected chi connectivity index (χ1v) is 10.6. The van der Waals surface area contributed by atoms with Crippen molar-refractivity contribution in [2.75, 3.05) is 16.9 Å². The van der Waals surface area contributed by atoms with Gasteiger partial charge in [-0.2, -0.15) is 28.1 Å². The van der Waals surface area contributed by atoms with E-state index in [1.807, 2.05) is 13.8 Å². The van der Waals surface area contributed by atoms with Gasteiger partial charge < -0.3 is 10.6 Å². The largest absolute Gasteiger partial charge is 0.433 e. The Morgan fingerprint density at radius 1 is 1.00 bits per heavy atom. The maximum Gasteiger partial charge on any atom is 0.433 e. The van der Waals surface area contributed by atoms with E-state index in [-0.39, 0.29) is 40.0 Å². The van der Waals surface area contributed by atoms with Crippen LogP contribution in [0, 0.1) is 5.82 Å². The zero-order valence-corrected chi connectivity index (χ0v) is 17.5. The number of aromatic nitrogens is 4. The molecule has 1 unspecified atom stereocenters. The first-order chi connectivity index (χ1) is 14.5. The molecule has 164 valence electrons. The summed E-state index contributed by atoms with van der Waals surface area (Å²) in [7, 11) is -1.43. The monoisotopic (exact) mass is 454 g/mol. The number of anilines is 3. The van der Waals surface area contributed by atoms with Gasteiger partial charge in [-0.15, -0.1) is 0 Å². The second-order valence-electron chi connectivity index (χ2n) is 6.77. The SMILES string of the molecule is CC(C)Nc1nc(Nc2cc(F)cc(S(C)=O)c2)nc(-c2cccc(C(F)(F)F)n2)n1. The van der Waals surface area contributed by atoms with Gasteiger partial charge in [-0.1, -0.05) is 6.07 Å². The van der Waals surface area contributed by atoms with Crippen LogP contribution in [0.3, 0.4) is 0 Å². The lowest BCUT2D eigenvalue weighted by Gasteiger charge is -2.13. The minimum Gasteiger partial charge on any atom is -0.352 e. The summed E-state index contributed by atoms with van der Waals surface area (Å²) in [5.41, 5.74) is -0.977. The molecular weight excluding hydrogens is 436 g/mol. The Labute approximate surface area is 177 Å². The van der Waals surface area contributed by atoms with E-state index in [9.17, 15) is 21.8 Å². The first kappa shape index (κ1) is 22.5. The molecule has 7 nitrogen and oxygen atoms in total. The normalized spacial score (nSPS) is 12.6. The highest BCUT2D eigenvalue weighted by Crippen LogP contribution is 2.29. The van der Waals surface area contributed by atoms with Crippen LogP contribution in [0.5, 0.6) is 0 Å². The molecule has 0 radical (unpaired) electrons. The van der Waals surface area contributed by atoms with Crippen LogP contribution in [0.2, 0.25) is 0 Å². The lowest BCUT2D eigenvalue weighted by Crippen LogP contribution is -2.15. The van der Waals surface area contributed by atoms with E-state index >= 15 is 0 Å². The van der Waals surface area contributed by atoms with Crippen LogP contribution in [0.25, 0.3) is 11.5 Å². The van der Waals surface area contributed by atoms with Crippen LogP contribution in [0.4, 0.5) is 35.1 Å². The average molecular weight is 454 g/mol. The number of nitrogens with one attached hydrogen (secondary N) is 2. The summed E-state index contributed by atoms with van der Waals surface area (Å²) in [5.74, 6) is -0.685. The predicted octanol–water partition coefficient (Wildman–Crippen LogP) is 4.39. The lowest BCUT2D eigenvalue weighted by molar-refractivity contribution is -0.141. The van der Waals surface area contributed by atoms with Crippen LogP contribution in [0.1, 0.15) is 19.5 Å². The molecule has 0 fully saturated rings. The Hall–Kier alpha value is -3.15. The van der Waals surface area contributed by atoms with Crippen molar-refractivity contribution in [2.45, 2.75) is 31.0 Å². The van der Waals surface area contributed by atoms with Crippen LogP contribution in [-0.4, -0.2) is 36.4 Å². The van der Waals surface area contributed by atoms with Crippen molar-refractivity contribution in [3.63, 3.8) is 0 Å². The van der Waals surface area contributed by atoms with Gasteiger partial charge in [-0.25, -0.2) is 9.37 Å². The number of pyridine rings is 1. The van der Waals surface area contributed by atoms with Crippen LogP contribution in [-0.2, 0) is 17.0 Å². The molecule has 3 rings (SSSR count). The molecule has 1 aromatic carbocycles. The molecule has 0 saturated carbocycles. The quantitative estimate of drug-likeness (QED) is 0.534. The van der Waals surface area contributed by atoms with E-state index in [1.54, 1.807) is 0 Å². The molecule has 2 heterocycles. The predicted molar refractivity (Wildman–Crippen MR) is 109 cm³/mol. The standard InChI is InChI=1S/C19H18F4N6OS/c1-10(2)24-17-27-16(14-5-4-6-15(26-14)19(21,22)23)28-18(29-17)25-12-7-11(20)8-13(9-12)31(3)30/h4-10H,1-3H3,(H2,24,25,27,28,29). The molecule has 0 saturated heterocycles. The molecular formula is C19H18F4N6OS. The summed E-state index contributed by atoms with van der Waals surface area (Å²) in [6.07, 6.45) is -3.22. The molecule has 0 bridgehead atoms. The van der Waals surface area contributed by atoms with Gasteiger partial charge in [0.2, 0.25) is 11.9 Å². The van der Waals surface area contributed by atoms with Crippen LogP contribution < -0.4 is 10.6 Å². The fourth-order valence-electron chi connectivity index (χ4n) is 2.52. The van der Waals surface area contributed by atoms with E-state index in [2.05, 4.69) is 30.6 Å². The minimum atomic E-state index is -4.63. The zero-order chi connectivity index (χ0) is 22.8. The van der Waals surface area contributed by atoms with Gasteiger partial charge in [0, 0.05) is 33.7 Å². The van der Waals surface area contributed by atoms with Crippen LogP contribution in [0.15, 0.2) is 41.3 Å². The molecule has 12 heteroatoms. The maximum absolute atomic E-state index is 13.9. The van der Waals surface area contributed by atoms with Gasteiger partial charge in [0.15, 0.2) is 5.82 Å². The second-order valence-corrected chi connectivity index (χ2v) is 8.15. The van der Waals surface area contributed by atoms with Gasteiger partial charge in [-0.05, 0) is 44.2 Å². The molecule has 31 heavy (non-hydrogen) atoms. The molecule has 0 spiro atoms. The highest BCUT2D eigenvalue weighted by Gasteiger charge is 2.32. The smallest absolute Gasteiger partial charge is 0.352 e. The molecule has 2 aromatic heterocycles. The maximum atomic E-state index is 13.9. The number of nitrogens with zero attached hydrogens (tertiary/aromatic N) is 4. The highest BCUT2D eigenvalue weighted by molar-refractivity contribution is 7.84. The van der Waals surface area contributed by atoms with Gasteiger partial charge in [-0.3, -0.25) is 4.21 Å². The van der Waals surface area contributed by atoms with Crippen molar-refractivity contribution in [3.8, 4) is 11.5 Å². The van der Waals surface area contributed by atoms with Gasteiger partial charge in [0.05, 0.1) is 0 Å². The molecule has 0 aliphatic heterocycles. The third kappa shape index (κ3) is 5.94. The average Bonchev–Trinajstić information content (AvgIpc) is 2.66. The van der Waals surface area contributed by atoms with E-state index in [1.165, 1.54) is 24.5 Å². The number of hydrogen-bond acceptors (Lipinski definition) is 7. The Kier molecular flexibility index (Phi) is 6.48. The van der Waals surface area contributed by atoms with E-state index in [0.29, 0.717) is 0 Å². The Bertz CT molecular complexity index is 1120. The summed E-state index contributed by atoms with van der Waals surface area (Å²) in [6, 6.07) is 7.05. The third-order valence-corrected chi connectivity index (χ3v) is 4.68. The topological polar surface area (TPSA) is 92.7 Å². The Morgan fingerprint density at radius 3 is 2.35 bits per heavy atom. The number of halogens is 4. The van der Waals surface area contributed by atoms with Crippen molar-refractivity contribution in [3.05, 3.63) is 47.9 Å². The van der Waals surface area contributed by atoms with Gasteiger partial charge in [0.1, 0.15) is 17.2 Å². The molecule has 3 aromatic rings. The van der Waals surface area contributed by atoms with E-state index in [0.717, 1.165) is 18.2 Å². The van der Waals surface area contributed by atoms with Crippen molar-refractivity contribution < 1.29 is 21.8 Å². The number of alkyl halides is 3. The summed E-state index contributed by atoms with van der Waals surface area (Å²) in [6.45, 7) is 3.66. The summed E-state index contributed by atoms with van der Waals surface area (Å²) >= 11 is 0. The lowest BCUT2D eigenvalue weighted by atomic mass is 10.3. The van der Waals surface area contributed by atoms with Crippen molar-refractivity contribution in [1.82, 2.24) is 19.9 Å². The minimum absolute atomic E-state index is 0.0502. The fraction of sp³-hybridized carbons (Fsp3) is 0.263. The fourth-order valence-corrected chi connectivity index (χ4v) is 3.09. The highest BCUT2D eigenvalue weighted by atomic mass is 32.2. The first-order valence-electron chi connectivity index (χ1n) is 8.99. The van der Waals surface area contributed by atoms with E-state index < -0.39 is 28.5 Å². The second kappa shape index (κ2) is 8.92. The summed E-state index contributed by atoms with van der Waals surface area (Å²) in [5, 5.41) is 5.73. The Morgan fingerprint density at radius 2 is 1.71 bits per heavy atom. The Balaban J connectivity index is 2.05. The van der Waals surface area contributed by atoms with Gasteiger partial charge >= 0.3 is 6.18 Å². The third-order valence-electron chi connectivity index (χ3n) is 3.78. The number of benzene rings is 1. The molecule has 0 aliphatic rings. The molecule has 2 N–H and O–H groups in total. The van der Waals surface area contributed by atoms with Crippen molar-refractivity contribution in [1.29, 1.82) is 0 Å². The number of rotatable bonds is 6. The molecule has 0 amide bonds.